The minimum absolute atomic E-state index is 0.0629. The molecular weight excluding hydrogens is 483 g/mol. The summed E-state index contributed by atoms with van der Waals surface area (Å²) in [6, 6.07) is 17.3. The SMILES string of the molecule is O=C(CNS(=O)(=O)c1ccc(Cl)c(Cl)c1)N[C@H](CCNc1ccncc1)Cc1ccccc1. The molecule has 1 atom stereocenters. The van der Waals surface area contributed by atoms with Crippen molar-refractivity contribution in [1.82, 2.24) is 15.0 Å². The summed E-state index contributed by atoms with van der Waals surface area (Å²) in [4.78, 5) is 16.5. The summed E-state index contributed by atoms with van der Waals surface area (Å²) < 4.78 is 27.3. The van der Waals surface area contributed by atoms with Crippen molar-refractivity contribution >= 4 is 44.8 Å². The quantitative estimate of drug-likeness (QED) is 0.366. The average molecular weight is 507 g/mol. The highest BCUT2D eigenvalue weighted by Gasteiger charge is 2.19. The van der Waals surface area contributed by atoms with Crippen LogP contribution in [0.1, 0.15) is 12.0 Å². The molecule has 0 aliphatic rings. The lowest BCUT2D eigenvalue weighted by Crippen LogP contribution is -2.43. The van der Waals surface area contributed by atoms with Gasteiger partial charge in [0.15, 0.2) is 0 Å². The predicted molar refractivity (Wildman–Crippen MR) is 131 cm³/mol. The maximum absolute atomic E-state index is 12.6. The molecule has 174 valence electrons. The Bertz CT molecular complexity index is 1160. The Labute approximate surface area is 203 Å². The molecule has 0 aliphatic carbocycles. The number of benzene rings is 2. The van der Waals surface area contributed by atoms with Crippen molar-refractivity contribution in [2.45, 2.75) is 23.8 Å². The maximum atomic E-state index is 12.6. The van der Waals surface area contributed by atoms with Gasteiger partial charge in [-0.1, -0.05) is 53.5 Å². The van der Waals surface area contributed by atoms with Crippen LogP contribution in [0.25, 0.3) is 0 Å². The van der Waals surface area contributed by atoms with E-state index in [1.54, 1.807) is 12.4 Å². The van der Waals surface area contributed by atoms with Crippen molar-refractivity contribution in [3.63, 3.8) is 0 Å². The molecule has 1 heterocycles. The molecule has 10 heteroatoms. The average Bonchev–Trinajstić information content (AvgIpc) is 2.81. The Kier molecular flexibility index (Phi) is 9.08. The van der Waals surface area contributed by atoms with Gasteiger partial charge in [-0.25, -0.2) is 13.1 Å². The molecule has 3 rings (SSSR count). The fourth-order valence-corrected chi connectivity index (χ4v) is 4.52. The summed E-state index contributed by atoms with van der Waals surface area (Å²) in [5.74, 6) is -0.427. The lowest BCUT2D eigenvalue weighted by Gasteiger charge is -2.20. The van der Waals surface area contributed by atoms with Crippen molar-refractivity contribution in [1.29, 1.82) is 0 Å². The van der Waals surface area contributed by atoms with E-state index in [-0.39, 0.29) is 21.0 Å². The Morgan fingerprint density at radius 2 is 1.70 bits per heavy atom. The Balaban J connectivity index is 1.58. The second kappa shape index (κ2) is 12.0. The van der Waals surface area contributed by atoms with Gasteiger partial charge in [0, 0.05) is 30.7 Å². The molecule has 0 radical (unpaired) electrons. The lowest BCUT2D eigenvalue weighted by atomic mass is 10.0. The van der Waals surface area contributed by atoms with Gasteiger partial charge in [0.1, 0.15) is 0 Å². The summed E-state index contributed by atoms with van der Waals surface area (Å²) >= 11 is 11.8. The van der Waals surface area contributed by atoms with Crippen LogP contribution < -0.4 is 15.4 Å². The fraction of sp³-hybridized carbons (Fsp3) is 0.217. The van der Waals surface area contributed by atoms with Gasteiger partial charge >= 0.3 is 0 Å². The molecule has 3 aromatic rings. The molecule has 0 unspecified atom stereocenters. The van der Waals surface area contributed by atoms with Crippen molar-refractivity contribution in [2.24, 2.45) is 0 Å². The van der Waals surface area contributed by atoms with Gasteiger partial charge in [-0.3, -0.25) is 9.78 Å². The number of sulfonamides is 1. The molecule has 1 amide bonds. The molecule has 3 N–H and O–H groups in total. The zero-order chi connectivity index (χ0) is 23.7. The van der Waals surface area contributed by atoms with E-state index in [1.165, 1.54) is 18.2 Å². The number of halogens is 2. The van der Waals surface area contributed by atoms with Crippen LogP contribution in [0.4, 0.5) is 5.69 Å². The monoisotopic (exact) mass is 506 g/mol. The van der Waals surface area contributed by atoms with Crippen molar-refractivity contribution < 1.29 is 13.2 Å². The highest BCUT2D eigenvalue weighted by atomic mass is 35.5. The highest BCUT2D eigenvalue weighted by Crippen LogP contribution is 2.24. The van der Waals surface area contributed by atoms with E-state index < -0.39 is 22.5 Å². The van der Waals surface area contributed by atoms with E-state index in [2.05, 4.69) is 20.3 Å². The number of hydrogen-bond donors (Lipinski definition) is 3. The molecule has 33 heavy (non-hydrogen) atoms. The number of aromatic nitrogens is 1. The van der Waals surface area contributed by atoms with E-state index in [0.717, 1.165) is 11.3 Å². The van der Waals surface area contributed by atoms with Crippen LogP contribution in [0.5, 0.6) is 0 Å². The van der Waals surface area contributed by atoms with Gasteiger partial charge in [-0.05, 0) is 48.7 Å². The van der Waals surface area contributed by atoms with E-state index in [0.29, 0.717) is 19.4 Å². The van der Waals surface area contributed by atoms with E-state index >= 15 is 0 Å². The molecule has 0 saturated carbocycles. The van der Waals surface area contributed by atoms with Crippen molar-refractivity contribution in [3.05, 3.63) is 88.7 Å². The van der Waals surface area contributed by atoms with Crippen LogP contribution in [0.2, 0.25) is 10.0 Å². The number of pyridine rings is 1. The molecule has 0 fully saturated rings. The third kappa shape index (κ3) is 8.01. The topological polar surface area (TPSA) is 100 Å². The number of amides is 1. The standard InChI is InChI=1S/C23H24Cl2N4O3S/c24-21-7-6-20(15-22(21)25)33(31,32)28-16-23(30)29-19(14-17-4-2-1-3-5-17)10-13-27-18-8-11-26-12-9-18/h1-9,11-12,15,19,28H,10,13-14,16H2,(H,26,27)(H,29,30)/t19-/m1/s1. The van der Waals surface area contributed by atoms with Crippen LogP contribution in [0.3, 0.4) is 0 Å². The summed E-state index contributed by atoms with van der Waals surface area (Å²) in [6.45, 7) is 0.225. The number of carbonyl (C=O) groups excluding carboxylic acids is 1. The number of nitrogens with zero attached hydrogens (tertiary/aromatic N) is 1. The van der Waals surface area contributed by atoms with E-state index in [4.69, 9.17) is 23.2 Å². The molecule has 0 aliphatic heterocycles. The van der Waals surface area contributed by atoms with Crippen LogP contribution in [-0.4, -0.2) is 38.4 Å². The van der Waals surface area contributed by atoms with Crippen LogP contribution in [0.15, 0.2) is 78.0 Å². The molecule has 0 saturated heterocycles. The Morgan fingerprint density at radius 3 is 2.39 bits per heavy atom. The van der Waals surface area contributed by atoms with Gasteiger partial charge in [-0.15, -0.1) is 0 Å². The minimum Gasteiger partial charge on any atom is -0.385 e. The fourth-order valence-electron chi connectivity index (χ4n) is 3.15. The van der Waals surface area contributed by atoms with E-state index in [1.807, 2.05) is 42.5 Å². The number of carbonyl (C=O) groups is 1. The van der Waals surface area contributed by atoms with Gasteiger partial charge < -0.3 is 10.6 Å². The smallest absolute Gasteiger partial charge is 0.241 e. The normalized spacial score (nSPS) is 12.2. The number of hydrogen-bond acceptors (Lipinski definition) is 5. The number of rotatable bonds is 11. The minimum atomic E-state index is -3.91. The summed E-state index contributed by atoms with van der Waals surface area (Å²) in [5.41, 5.74) is 2.01. The van der Waals surface area contributed by atoms with Crippen LogP contribution >= 0.6 is 23.2 Å². The first-order valence-corrected chi connectivity index (χ1v) is 12.5. The first-order valence-electron chi connectivity index (χ1n) is 10.3. The molecule has 1 aromatic heterocycles. The zero-order valence-electron chi connectivity index (χ0n) is 17.7. The Morgan fingerprint density at radius 1 is 0.970 bits per heavy atom. The van der Waals surface area contributed by atoms with Crippen molar-refractivity contribution in [3.8, 4) is 0 Å². The van der Waals surface area contributed by atoms with Gasteiger partial charge in [0.05, 0.1) is 21.5 Å². The highest BCUT2D eigenvalue weighted by molar-refractivity contribution is 7.89. The summed E-state index contributed by atoms with van der Waals surface area (Å²) in [5, 5.41) is 6.59. The van der Waals surface area contributed by atoms with E-state index in [9.17, 15) is 13.2 Å². The number of anilines is 1. The zero-order valence-corrected chi connectivity index (χ0v) is 20.0. The third-order valence-electron chi connectivity index (χ3n) is 4.82. The third-order valence-corrected chi connectivity index (χ3v) is 6.95. The second-order valence-corrected chi connectivity index (χ2v) is 9.89. The summed E-state index contributed by atoms with van der Waals surface area (Å²) in [7, 11) is -3.91. The first-order chi connectivity index (χ1) is 15.8. The van der Waals surface area contributed by atoms with Crippen molar-refractivity contribution in [2.75, 3.05) is 18.4 Å². The molecule has 7 nitrogen and oxygen atoms in total. The van der Waals surface area contributed by atoms with Crippen LogP contribution in [0, 0.1) is 0 Å². The van der Waals surface area contributed by atoms with Crippen LogP contribution in [-0.2, 0) is 21.2 Å². The maximum Gasteiger partial charge on any atom is 0.241 e. The molecular formula is C23H24Cl2N4O3S. The van der Waals surface area contributed by atoms with Gasteiger partial charge in [-0.2, -0.15) is 0 Å². The Hall–Kier alpha value is -2.65. The summed E-state index contributed by atoms with van der Waals surface area (Å²) in [6.07, 6.45) is 4.66. The molecule has 0 spiro atoms. The lowest BCUT2D eigenvalue weighted by molar-refractivity contribution is -0.120. The second-order valence-electron chi connectivity index (χ2n) is 7.31. The van der Waals surface area contributed by atoms with Gasteiger partial charge in [0.25, 0.3) is 0 Å². The largest absolute Gasteiger partial charge is 0.385 e. The van der Waals surface area contributed by atoms with Gasteiger partial charge in [0.2, 0.25) is 15.9 Å². The predicted octanol–water partition coefficient (Wildman–Crippen LogP) is 3.90. The number of nitrogens with one attached hydrogen (secondary N) is 3. The molecule has 2 aromatic carbocycles. The molecule has 0 bridgehead atoms. The first kappa shape index (κ1) is 25.0.